The standard InChI is InChI=1S/C24H16F3NO4/c1-31-17-8-5-9-18(13-17)32-23(30)21-14-28(22(29)20-11-3-2-10-19(20)21)16-7-4-6-15(12-16)24(25,26)27/h2-14H,1H3. The number of hydrogen-bond acceptors (Lipinski definition) is 4. The number of aromatic nitrogens is 1. The number of ether oxygens (including phenoxy) is 2. The van der Waals surface area contributed by atoms with Crippen LogP contribution in [0.4, 0.5) is 13.2 Å². The van der Waals surface area contributed by atoms with E-state index >= 15 is 0 Å². The van der Waals surface area contributed by atoms with Crippen LogP contribution in [-0.2, 0) is 6.18 Å². The van der Waals surface area contributed by atoms with Gasteiger partial charge in [-0.15, -0.1) is 0 Å². The van der Waals surface area contributed by atoms with E-state index in [1.807, 2.05) is 0 Å². The molecule has 0 radical (unpaired) electrons. The Bertz CT molecular complexity index is 1380. The zero-order valence-corrected chi connectivity index (χ0v) is 16.7. The molecule has 0 aliphatic heterocycles. The Morgan fingerprint density at radius 3 is 2.28 bits per heavy atom. The van der Waals surface area contributed by atoms with Crippen molar-refractivity contribution in [2.45, 2.75) is 6.18 Å². The lowest BCUT2D eigenvalue weighted by atomic mass is 10.1. The van der Waals surface area contributed by atoms with Gasteiger partial charge in [0.2, 0.25) is 0 Å². The van der Waals surface area contributed by atoms with Crippen LogP contribution in [0.3, 0.4) is 0 Å². The van der Waals surface area contributed by atoms with Gasteiger partial charge in [0.1, 0.15) is 11.5 Å². The highest BCUT2D eigenvalue weighted by atomic mass is 19.4. The summed E-state index contributed by atoms with van der Waals surface area (Å²) in [7, 11) is 1.47. The van der Waals surface area contributed by atoms with Crippen LogP contribution in [0.2, 0.25) is 0 Å². The number of halogens is 3. The van der Waals surface area contributed by atoms with Crippen LogP contribution in [-0.4, -0.2) is 17.6 Å². The third kappa shape index (κ3) is 4.07. The van der Waals surface area contributed by atoms with Crippen molar-refractivity contribution >= 4 is 16.7 Å². The average Bonchev–Trinajstić information content (AvgIpc) is 2.79. The van der Waals surface area contributed by atoms with Gasteiger partial charge in [0.05, 0.1) is 18.2 Å². The van der Waals surface area contributed by atoms with E-state index < -0.39 is 23.3 Å². The number of esters is 1. The van der Waals surface area contributed by atoms with Gasteiger partial charge < -0.3 is 9.47 Å². The van der Waals surface area contributed by atoms with Crippen molar-refractivity contribution < 1.29 is 27.4 Å². The lowest BCUT2D eigenvalue weighted by Gasteiger charge is -2.14. The molecule has 5 nitrogen and oxygen atoms in total. The Hall–Kier alpha value is -4.07. The fourth-order valence-electron chi connectivity index (χ4n) is 3.30. The molecule has 8 heteroatoms. The Labute approximate surface area is 180 Å². The highest BCUT2D eigenvalue weighted by Gasteiger charge is 2.30. The van der Waals surface area contributed by atoms with Crippen LogP contribution in [0.15, 0.2) is 83.8 Å². The Balaban J connectivity index is 1.86. The molecule has 0 saturated carbocycles. The largest absolute Gasteiger partial charge is 0.497 e. The first-order chi connectivity index (χ1) is 15.3. The predicted molar refractivity (Wildman–Crippen MR) is 112 cm³/mol. The number of pyridine rings is 1. The third-order valence-electron chi connectivity index (χ3n) is 4.85. The zero-order chi connectivity index (χ0) is 22.9. The van der Waals surface area contributed by atoms with Gasteiger partial charge in [-0.05, 0) is 36.4 Å². The number of methoxy groups -OCH3 is 1. The van der Waals surface area contributed by atoms with Crippen molar-refractivity contribution in [3.63, 3.8) is 0 Å². The van der Waals surface area contributed by atoms with Crippen molar-refractivity contribution in [3.05, 3.63) is 100 Å². The smallest absolute Gasteiger partial charge is 0.416 e. The maximum absolute atomic E-state index is 13.2. The summed E-state index contributed by atoms with van der Waals surface area (Å²) < 4.78 is 51.1. The van der Waals surface area contributed by atoms with E-state index in [4.69, 9.17) is 9.47 Å². The van der Waals surface area contributed by atoms with Gasteiger partial charge in [-0.3, -0.25) is 9.36 Å². The molecule has 1 heterocycles. The number of alkyl halides is 3. The van der Waals surface area contributed by atoms with Crippen LogP contribution < -0.4 is 15.0 Å². The lowest BCUT2D eigenvalue weighted by Crippen LogP contribution is -2.22. The van der Waals surface area contributed by atoms with Crippen LogP contribution in [0, 0.1) is 0 Å². The number of fused-ring (bicyclic) bond motifs is 1. The SMILES string of the molecule is COc1cccc(OC(=O)c2cn(-c3cccc(C(F)(F)F)c3)c(=O)c3ccccc23)c1. The molecule has 4 aromatic rings. The molecule has 162 valence electrons. The topological polar surface area (TPSA) is 57.5 Å². The molecule has 0 unspecified atom stereocenters. The molecule has 4 rings (SSSR count). The second kappa shape index (κ2) is 8.22. The second-order valence-corrected chi connectivity index (χ2v) is 6.88. The second-order valence-electron chi connectivity index (χ2n) is 6.88. The predicted octanol–water partition coefficient (Wildman–Crippen LogP) is 5.24. The van der Waals surface area contributed by atoms with Gasteiger partial charge in [-0.1, -0.05) is 30.3 Å². The number of hydrogen-bond donors (Lipinski definition) is 0. The fourth-order valence-corrected chi connectivity index (χ4v) is 3.30. The minimum absolute atomic E-state index is 0.0222. The summed E-state index contributed by atoms with van der Waals surface area (Å²) in [6.45, 7) is 0. The van der Waals surface area contributed by atoms with Gasteiger partial charge >= 0.3 is 12.1 Å². The molecular weight excluding hydrogens is 423 g/mol. The van der Waals surface area contributed by atoms with E-state index in [1.165, 1.54) is 37.6 Å². The van der Waals surface area contributed by atoms with E-state index in [0.717, 1.165) is 16.7 Å². The molecule has 0 amide bonds. The van der Waals surface area contributed by atoms with Crippen molar-refractivity contribution in [1.29, 1.82) is 0 Å². The minimum Gasteiger partial charge on any atom is -0.497 e. The molecule has 0 fully saturated rings. The minimum atomic E-state index is -4.58. The highest BCUT2D eigenvalue weighted by molar-refractivity contribution is 6.04. The van der Waals surface area contributed by atoms with Gasteiger partial charge in [0.15, 0.2) is 0 Å². The number of carbonyl (C=O) groups excluding carboxylic acids is 1. The lowest BCUT2D eigenvalue weighted by molar-refractivity contribution is -0.137. The number of nitrogens with zero attached hydrogens (tertiary/aromatic N) is 1. The van der Waals surface area contributed by atoms with Crippen LogP contribution in [0.1, 0.15) is 15.9 Å². The molecule has 0 saturated heterocycles. The Morgan fingerprint density at radius 2 is 1.56 bits per heavy atom. The summed E-state index contributed by atoms with van der Waals surface area (Å²) in [5.74, 6) is -0.0699. The molecule has 3 aromatic carbocycles. The molecule has 0 aliphatic carbocycles. The molecular formula is C24H16F3NO4. The van der Waals surface area contributed by atoms with E-state index in [-0.39, 0.29) is 22.4 Å². The summed E-state index contributed by atoms with van der Waals surface area (Å²) >= 11 is 0. The number of benzene rings is 3. The Morgan fingerprint density at radius 1 is 0.875 bits per heavy atom. The maximum atomic E-state index is 13.2. The number of carbonyl (C=O) groups is 1. The molecule has 0 spiro atoms. The molecule has 0 atom stereocenters. The molecule has 0 N–H and O–H groups in total. The van der Waals surface area contributed by atoms with Gasteiger partial charge in [0, 0.05) is 28.7 Å². The molecule has 1 aromatic heterocycles. The van der Waals surface area contributed by atoms with Crippen molar-refractivity contribution in [2.75, 3.05) is 7.11 Å². The van der Waals surface area contributed by atoms with E-state index in [2.05, 4.69) is 0 Å². The summed E-state index contributed by atoms with van der Waals surface area (Å²) in [4.78, 5) is 26.0. The zero-order valence-electron chi connectivity index (χ0n) is 16.7. The van der Waals surface area contributed by atoms with Crippen LogP contribution >= 0.6 is 0 Å². The first kappa shape index (κ1) is 21.2. The summed E-state index contributed by atoms with van der Waals surface area (Å²) in [5, 5.41) is 0.499. The van der Waals surface area contributed by atoms with Crippen molar-refractivity contribution in [1.82, 2.24) is 4.57 Å². The quantitative estimate of drug-likeness (QED) is 0.323. The first-order valence-corrected chi connectivity index (χ1v) is 9.46. The van der Waals surface area contributed by atoms with Gasteiger partial charge in [-0.2, -0.15) is 13.2 Å². The van der Waals surface area contributed by atoms with E-state index in [1.54, 1.807) is 36.4 Å². The van der Waals surface area contributed by atoms with Crippen LogP contribution in [0.5, 0.6) is 11.5 Å². The average molecular weight is 439 g/mol. The van der Waals surface area contributed by atoms with Crippen molar-refractivity contribution in [2.24, 2.45) is 0 Å². The number of rotatable bonds is 4. The summed E-state index contributed by atoms with van der Waals surface area (Å²) in [5.41, 5.74) is -1.46. The van der Waals surface area contributed by atoms with Gasteiger partial charge in [-0.25, -0.2) is 4.79 Å². The first-order valence-electron chi connectivity index (χ1n) is 9.46. The third-order valence-corrected chi connectivity index (χ3v) is 4.85. The van der Waals surface area contributed by atoms with Crippen molar-refractivity contribution in [3.8, 4) is 17.2 Å². The normalized spacial score (nSPS) is 11.4. The van der Waals surface area contributed by atoms with E-state index in [0.29, 0.717) is 11.1 Å². The fraction of sp³-hybridized carbons (Fsp3) is 0.0833. The summed E-state index contributed by atoms with van der Waals surface area (Å²) in [6.07, 6.45) is -3.38. The van der Waals surface area contributed by atoms with Gasteiger partial charge in [0.25, 0.3) is 5.56 Å². The van der Waals surface area contributed by atoms with E-state index in [9.17, 15) is 22.8 Å². The molecule has 0 bridgehead atoms. The highest BCUT2D eigenvalue weighted by Crippen LogP contribution is 2.30. The maximum Gasteiger partial charge on any atom is 0.416 e. The molecule has 32 heavy (non-hydrogen) atoms. The summed E-state index contributed by atoms with van der Waals surface area (Å²) in [6, 6.07) is 17.1. The Kier molecular flexibility index (Phi) is 5.44. The monoisotopic (exact) mass is 439 g/mol. The van der Waals surface area contributed by atoms with Crippen LogP contribution in [0.25, 0.3) is 16.5 Å². The molecule has 0 aliphatic rings.